The molecule has 3 heteroatoms. The Kier molecular flexibility index (Phi) is 5.87. The van der Waals surface area contributed by atoms with Gasteiger partial charge in [0.05, 0.1) is 0 Å². The fraction of sp³-hybridized carbons (Fsp3) is 0.304. The molecule has 26 heavy (non-hydrogen) atoms. The molecule has 0 heterocycles. The highest BCUT2D eigenvalue weighted by molar-refractivity contribution is 7.99. The molecule has 1 atom stereocenters. The van der Waals surface area contributed by atoms with Crippen molar-refractivity contribution in [1.29, 1.82) is 0 Å². The summed E-state index contributed by atoms with van der Waals surface area (Å²) < 4.78 is 0. The molecule has 0 nitrogen and oxygen atoms in total. The van der Waals surface area contributed by atoms with Crippen LogP contribution < -0.4 is 0 Å². The van der Waals surface area contributed by atoms with Gasteiger partial charge in [-0.25, -0.2) is 0 Å². The summed E-state index contributed by atoms with van der Waals surface area (Å²) in [6.07, 6.45) is 3.41. The largest absolute Gasteiger partial charge is 0.179 e. The molecule has 4 aromatic rings. The van der Waals surface area contributed by atoms with Crippen molar-refractivity contribution < 1.29 is 0 Å². The molecule has 0 bridgehead atoms. The van der Waals surface area contributed by atoms with Crippen LogP contribution in [0.4, 0.5) is 0 Å². The van der Waals surface area contributed by atoms with E-state index < -0.39 is 0 Å². The highest BCUT2D eigenvalue weighted by atomic mass is 32.2. The minimum Gasteiger partial charge on any atom is -0.179 e. The average Bonchev–Trinajstić information content (AvgIpc) is 2.66. The number of thiol groups is 2. The molecular formula is C23H24S3. The first kappa shape index (κ1) is 18.3. The quantitative estimate of drug-likeness (QED) is 0.186. The minimum atomic E-state index is 0.498. The van der Waals surface area contributed by atoms with Gasteiger partial charge in [0.15, 0.2) is 0 Å². The summed E-state index contributed by atoms with van der Waals surface area (Å²) in [5, 5.41) is 8.75. The fourth-order valence-electron chi connectivity index (χ4n) is 3.77. The Morgan fingerprint density at radius 2 is 1.38 bits per heavy atom. The predicted octanol–water partition coefficient (Wildman–Crippen LogP) is 6.87. The van der Waals surface area contributed by atoms with Crippen molar-refractivity contribution in [3.05, 3.63) is 60.2 Å². The van der Waals surface area contributed by atoms with Crippen molar-refractivity contribution in [2.24, 2.45) is 0 Å². The summed E-state index contributed by atoms with van der Waals surface area (Å²) in [5.74, 6) is 3.30. The molecule has 0 aromatic heterocycles. The van der Waals surface area contributed by atoms with E-state index in [2.05, 4.69) is 79.9 Å². The van der Waals surface area contributed by atoms with Crippen molar-refractivity contribution in [1.82, 2.24) is 0 Å². The second kappa shape index (κ2) is 8.33. The van der Waals surface area contributed by atoms with Gasteiger partial charge in [-0.2, -0.15) is 37.0 Å². The van der Waals surface area contributed by atoms with Crippen LogP contribution in [0, 0.1) is 0 Å². The van der Waals surface area contributed by atoms with Crippen LogP contribution in [-0.2, 0) is 6.42 Å². The second-order valence-corrected chi connectivity index (χ2v) is 9.35. The van der Waals surface area contributed by atoms with E-state index in [0.29, 0.717) is 5.25 Å². The Labute approximate surface area is 170 Å². The van der Waals surface area contributed by atoms with Crippen molar-refractivity contribution in [2.75, 3.05) is 17.3 Å². The van der Waals surface area contributed by atoms with Gasteiger partial charge >= 0.3 is 0 Å². The van der Waals surface area contributed by atoms with Crippen molar-refractivity contribution >= 4 is 69.3 Å². The summed E-state index contributed by atoms with van der Waals surface area (Å²) >= 11 is 10.9. The van der Waals surface area contributed by atoms with Gasteiger partial charge in [0.25, 0.3) is 0 Å². The molecule has 0 aliphatic rings. The Balaban J connectivity index is 1.50. The molecule has 0 amide bonds. The lowest BCUT2D eigenvalue weighted by Crippen LogP contribution is -2.01. The van der Waals surface area contributed by atoms with E-state index in [0.717, 1.165) is 18.6 Å². The number of benzene rings is 4. The van der Waals surface area contributed by atoms with Crippen molar-refractivity contribution in [2.45, 2.75) is 24.5 Å². The molecule has 0 radical (unpaired) electrons. The maximum absolute atomic E-state index is 4.61. The van der Waals surface area contributed by atoms with Crippen LogP contribution >= 0.6 is 37.0 Å². The molecule has 0 N–H and O–H groups in total. The molecule has 134 valence electrons. The third-order valence-corrected chi connectivity index (χ3v) is 6.91. The van der Waals surface area contributed by atoms with E-state index in [1.54, 1.807) is 0 Å². The van der Waals surface area contributed by atoms with Gasteiger partial charge in [-0.05, 0) is 74.4 Å². The van der Waals surface area contributed by atoms with Gasteiger partial charge in [0.1, 0.15) is 0 Å². The minimum absolute atomic E-state index is 0.498. The van der Waals surface area contributed by atoms with Gasteiger partial charge in [-0.15, -0.1) is 0 Å². The lowest BCUT2D eigenvalue weighted by Gasteiger charge is -2.13. The molecule has 0 fully saturated rings. The highest BCUT2D eigenvalue weighted by Crippen LogP contribution is 2.35. The number of hydrogen-bond donors (Lipinski definition) is 2. The van der Waals surface area contributed by atoms with E-state index in [1.165, 1.54) is 55.8 Å². The van der Waals surface area contributed by atoms with Crippen molar-refractivity contribution in [3.8, 4) is 0 Å². The normalized spacial score (nSPS) is 13.2. The Hall–Kier alpha value is -1.03. The molecule has 0 aliphatic heterocycles. The smallest absolute Gasteiger partial charge is 0.00324 e. The standard InChI is InChI=1S/C23H24S3/c24-11-8-21(25)10-13-26-12-9-16-14-19-6-4-17-2-1-3-18-5-7-20(15-16)23(19)22(17)18/h1-7,14-15,21,24-25H,8-13H2. The number of rotatable bonds is 8. The molecule has 0 saturated heterocycles. The van der Waals surface area contributed by atoms with E-state index >= 15 is 0 Å². The van der Waals surface area contributed by atoms with Crippen LogP contribution in [0.5, 0.6) is 0 Å². The van der Waals surface area contributed by atoms with Gasteiger partial charge in [0.2, 0.25) is 0 Å². The van der Waals surface area contributed by atoms with Crippen LogP contribution in [0.25, 0.3) is 32.3 Å². The topological polar surface area (TPSA) is 0 Å². The Morgan fingerprint density at radius 3 is 2.04 bits per heavy atom. The van der Waals surface area contributed by atoms with Crippen LogP contribution in [0.15, 0.2) is 54.6 Å². The first-order chi connectivity index (χ1) is 12.8. The highest BCUT2D eigenvalue weighted by Gasteiger charge is 2.09. The van der Waals surface area contributed by atoms with Crippen LogP contribution in [0.2, 0.25) is 0 Å². The molecule has 4 aromatic carbocycles. The molecule has 1 unspecified atom stereocenters. The van der Waals surface area contributed by atoms with Gasteiger partial charge in [-0.3, -0.25) is 0 Å². The van der Waals surface area contributed by atoms with Gasteiger partial charge < -0.3 is 0 Å². The summed E-state index contributed by atoms with van der Waals surface area (Å²) in [7, 11) is 0. The molecular weight excluding hydrogens is 372 g/mol. The van der Waals surface area contributed by atoms with Gasteiger partial charge in [-0.1, -0.05) is 54.6 Å². The maximum Gasteiger partial charge on any atom is 0.00324 e. The fourth-order valence-corrected chi connectivity index (χ4v) is 5.75. The monoisotopic (exact) mass is 396 g/mol. The van der Waals surface area contributed by atoms with E-state index in [1.807, 2.05) is 11.8 Å². The lowest BCUT2D eigenvalue weighted by atomic mass is 9.92. The van der Waals surface area contributed by atoms with E-state index in [9.17, 15) is 0 Å². The second-order valence-electron chi connectivity index (χ2n) is 6.94. The SMILES string of the molecule is SCCC(S)CCSCCc1cc2ccc3cccc4ccc(c1)c2c34. The Bertz CT molecular complexity index is 944. The third-order valence-electron chi connectivity index (χ3n) is 5.12. The van der Waals surface area contributed by atoms with Gasteiger partial charge in [0, 0.05) is 5.25 Å². The molecule has 0 saturated carbocycles. The summed E-state index contributed by atoms with van der Waals surface area (Å²) in [4.78, 5) is 0. The first-order valence-electron chi connectivity index (χ1n) is 9.29. The Morgan fingerprint density at radius 1 is 0.769 bits per heavy atom. The van der Waals surface area contributed by atoms with Crippen LogP contribution in [0.3, 0.4) is 0 Å². The number of thioether (sulfide) groups is 1. The predicted molar refractivity (Wildman–Crippen MR) is 127 cm³/mol. The first-order valence-corrected chi connectivity index (χ1v) is 11.6. The summed E-state index contributed by atoms with van der Waals surface area (Å²) in [6, 6.07) is 20.4. The average molecular weight is 397 g/mol. The third kappa shape index (κ3) is 3.81. The van der Waals surface area contributed by atoms with E-state index in [-0.39, 0.29) is 0 Å². The summed E-state index contributed by atoms with van der Waals surface area (Å²) in [6.45, 7) is 0. The van der Waals surface area contributed by atoms with E-state index in [4.69, 9.17) is 0 Å². The lowest BCUT2D eigenvalue weighted by molar-refractivity contribution is 0.813. The molecule has 0 aliphatic carbocycles. The maximum atomic E-state index is 4.61. The number of hydrogen-bond acceptors (Lipinski definition) is 3. The van der Waals surface area contributed by atoms with Crippen LogP contribution in [-0.4, -0.2) is 22.5 Å². The zero-order valence-electron chi connectivity index (χ0n) is 14.8. The zero-order chi connectivity index (χ0) is 17.9. The molecule has 0 spiro atoms. The van der Waals surface area contributed by atoms with Crippen molar-refractivity contribution in [3.63, 3.8) is 0 Å². The number of aryl methyl sites for hydroxylation is 1. The zero-order valence-corrected chi connectivity index (χ0v) is 17.4. The van der Waals surface area contributed by atoms with Crippen LogP contribution in [0.1, 0.15) is 18.4 Å². The molecule has 4 rings (SSSR count). The summed E-state index contributed by atoms with van der Waals surface area (Å²) in [5.41, 5.74) is 1.45.